The number of nitrogens with one attached hydrogen (secondary N) is 1. The summed E-state index contributed by atoms with van der Waals surface area (Å²) in [6, 6.07) is 23.4. The molecule has 6 nitrogen and oxygen atoms in total. The molecule has 0 fully saturated rings. The van der Waals surface area contributed by atoms with E-state index in [0.717, 1.165) is 33.5 Å². The van der Waals surface area contributed by atoms with Gasteiger partial charge in [0.15, 0.2) is 0 Å². The number of rotatable bonds is 9. The van der Waals surface area contributed by atoms with Crippen molar-refractivity contribution < 1.29 is 19.4 Å². The van der Waals surface area contributed by atoms with E-state index in [1.54, 1.807) is 6.92 Å². The maximum absolute atomic E-state index is 12.9. The van der Waals surface area contributed by atoms with Gasteiger partial charge in [-0.25, -0.2) is 4.79 Å². The van der Waals surface area contributed by atoms with Gasteiger partial charge in [0.1, 0.15) is 18.5 Å². The molecule has 0 bridgehead atoms. The molecule has 0 saturated carbocycles. The minimum atomic E-state index is -0.696. The molecule has 0 aliphatic rings. The number of hydrogen-bond donors (Lipinski definition) is 2. The number of aliphatic hydroxyl groups excluding tert-OH is 1. The van der Waals surface area contributed by atoms with Crippen molar-refractivity contribution in [2.24, 2.45) is 0 Å². The van der Waals surface area contributed by atoms with E-state index in [0.29, 0.717) is 24.5 Å². The molecule has 3 aromatic carbocycles. The Kier molecular flexibility index (Phi) is 7.18. The van der Waals surface area contributed by atoms with Crippen LogP contribution in [0.3, 0.4) is 0 Å². The molecule has 1 heterocycles. The number of esters is 1. The highest BCUT2D eigenvalue weighted by molar-refractivity contribution is 6.07. The lowest BCUT2D eigenvalue weighted by atomic mass is 10.1. The summed E-state index contributed by atoms with van der Waals surface area (Å²) in [5.74, 6) is 0.223. The Labute approximate surface area is 199 Å². The van der Waals surface area contributed by atoms with Crippen LogP contribution in [0.5, 0.6) is 5.75 Å². The largest absolute Gasteiger partial charge is 0.491 e. The molecule has 6 heteroatoms. The molecule has 1 atom stereocenters. The number of carbonyl (C=O) groups excluding carboxylic acids is 1. The number of fused-ring (bicyclic) bond motifs is 1. The number of aryl methyl sites for hydroxylation is 1. The summed E-state index contributed by atoms with van der Waals surface area (Å²) in [4.78, 5) is 12.9. The van der Waals surface area contributed by atoms with Crippen LogP contribution in [0.2, 0.25) is 0 Å². The van der Waals surface area contributed by atoms with Crippen LogP contribution in [-0.4, -0.2) is 41.5 Å². The number of nitrogens with zero attached hydrogens (tertiary/aromatic N) is 1. The number of ether oxygens (including phenoxy) is 2. The van der Waals surface area contributed by atoms with Crippen LogP contribution >= 0.6 is 0 Å². The van der Waals surface area contributed by atoms with E-state index < -0.39 is 6.10 Å². The lowest BCUT2D eigenvalue weighted by Gasteiger charge is -2.14. The summed E-state index contributed by atoms with van der Waals surface area (Å²) in [6.45, 7) is 6.56. The Hall–Kier alpha value is -3.77. The number of para-hydroxylation sites is 2. The van der Waals surface area contributed by atoms with Gasteiger partial charge in [-0.1, -0.05) is 36.4 Å². The molecule has 0 aliphatic carbocycles. The second-order valence-corrected chi connectivity index (χ2v) is 8.19. The van der Waals surface area contributed by atoms with Crippen LogP contribution in [0.15, 0.2) is 72.8 Å². The molecule has 0 radical (unpaired) electrons. The zero-order chi connectivity index (χ0) is 24.1. The SMILES string of the molecule is CCOC(=O)c1c(C)n(-c2ccccc2C)c2ccc(OC[C@H](O)CNc3ccccc3)cc12. The summed E-state index contributed by atoms with van der Waals surface area (Å²) in [5.41, 5.74) is 5.29. The van der Waals surface area contributed by atoms with Crippen molar-refractivity contribution in [1.29, 1.82) is 0 Å². The molecule has 34 heavy (non-hydrogen) atoms. The van der Waals surface area contributed by atoms with E-state index >= 15 is 0 Å². The van der Waals surface area contributed by atoms with E-state index in [2.05, 4.69) is 9.88 Å². The fourth-order valence-electron chi connectivity index (χ4n) is 4.12. The maximum Gasteiger partial charge on any atom is 0.340 e. The van der Waals surface area contributed by atoms with Crippen LogP contribution in [-0.2, 0) is 4.74 Å². The standard InChI is InChI=1S/C28H30N2O4/c1-4-33-28(32)27-20(3)30(25-13-9-8-10-19(25)2)26-15-14-23(16-24(26)27)34-18-22(31)17-29-21-11-6-5-7-12-21/h5-16,22,29,31H,4,17-18H2,1-3H3/t22-/m1/s1. The fourth-order valence-corrected chi connectivity index (χ4v) is 4.12. The summed E-state index contributed by atoms with van der Waals surface area (Å²) in [5, 5.41) is 14.3. The minimum absolute atomic E-state index is 0.123. The Morgan fingerprint density at radius 1 is 1.03 bits per heavy atom. The van der Waals surface area contributed by atoms with Crippen LogP contribution in [0.4, 0.5) is 5.69 Å². The quantitative estimate of drug-likeness (QED) is 0.334. The molecule has 4 aromatic rings. The van der Waals surface area contributed by atoms with Gasteiger partial charge in [0.05, 0.1) is 17.7 Å². The van der Waals surface area contributed by atoms with Gasteiger partial charge in [-0.3, -0.25) is 0 Å². The lowest BCUT2D eigenvalue weighted by Crippen LogP contribution is -2.26. The van der Waals surface area contributed by atoms with E-state index in [9.17, 15) is 9.90 Å². The molecular formula is C28H30N2O4. The third-order valence-electron chi connectivity index (χ3n) is 5.77. The zero-order valence-corrected chi connectivity index (χ0v) is 19.7. The predicted octanol–water partition coefficient (Wildman–Crippen LogP) is 5.28. The second kappa shape index (κ2) is 10.4. The first-order valence-corrected chi connectivity index (χ1v) is 11.5. The smallest absolute Gasteiger partial charge is 0.340 e. The first-order valence-electron chi connectivity index (χ1n) is 11.5. The summed E-state index contributed by atoms with van der Waals surface area (Å²) >= 11 is 0. The highest BCUT2D eigenvalue weighted by atomic mass is 16.5. The van der Waals surface area contributed by atoms with Crippen molar-refractivity contribution in [3.8, 4) is 11.4 Å². The molecule has 0 amide bonds. The fraction of sp³-hybridized carbons (Fsp3) is 0.250. The van der Waals surface area contributed by atoms with Gasteiger partial charge >= 0.3 is 5.97 Å². The van der Waals surface area contributed by atoms with E-state index in [4.69, 9.17) is 9.47 Å². The monoisotopic (exact) mass is 458 g/mol. The Morgan fingerprint density at radius 2 is 1.76 bits per heavy atom. The van der Waals surface area contributed by atoms with Crippen molar-refractivity contribution in [2.75, 3.05) is 25.1 Å². The van der Waals surface area contributed by atoms with Crippen LogP contribution in [0, 0.1) is 13.8 Å². The molecular weight excluding hydrogens is 428 g/mol. The van der Waals surface area contributed by atoms with Crippen molar-refractivity contribution >= 4 is 22.6 Å². The lowest BCUT2D eigenvalue weighted by molar-refractivity contribution is 0.0527. The molecule has 0 aliphatic heterocycles. The third-order valence-corrected chi connectivity index (χ3v) is 5.77. The predicted molar refractivity (Wildman–Crippen MR) is 135 cm³/mol. The van der Waals surface area contributed by atoms with Gasteiger partial charge in [0, 0.05) is 29.0 Å². The van der Waals surface area contributed by atoms with E-state index in [1.807, 2.05) is 86.6 Å². The molecule has 1 aromatic heterocycles. The van der Waals surface area contributed by atoms with Gasteiger partial charge in [-0.2, -0.15) is 0 Å². The normalized spacial score (nSPS) is 11.9. The van der Waals surface area contributed by atoms with Gasteiger partial charge in [-0.05, 0) is 62.7 Å². The second-order valence-electron chi connectivity index (χ2n) is 8.19. The van der Waals surface area contributed by atoms with Crippen LogP contribution in [0.25, 0.3) is 16.6 Å². The van der Waals surface area contributed by atoms with Crippen molar-refractivity contribution in [3.63, 3.8) is 0 Å². The number of hydrogen-bond acceptors (Lipinski definition) is 5. The Morgan fingerprint density at radius 3 is 2.50 bits per heavy atom. The zero-order valence-electron chi connectivity index (χ0n) is 19.7. The maximum atomic E-state index is 12.9. The average Bonchev–Trinajstić information content (AvgIpc) is 3.13. The van der Waals surface area contributed by atoms with Gasteiger partial charge in [0.25, 0.3) is 0 Å². The molecule has 0 unspecified atom stereocenters. The highest BCUT2D eigenvalue weighted by Crippen LogP contribution is 2.33. The van der Waals surface area contributed by atoms with Crippen LogP contribution in [0.1, 0.15) is 28.5 Å². The number of aliphatic hydroxyl groups is 1. The van der Waals surface area contributed by atoms with E-state index in [1.165, 1.54) is 0 Å². The topological polar surface area (TPSA) is 72.7 Å². The summed E-state index contributed by atoms with van der Waals surface area (Å²) in [7, 11) is 0. The molecule has 176 valence electrons. The summed E-state index contributed by atoms with van der Waals surface area (Å²) in [6.07, 6.45) is -0.696. The van der Waals surface area contributed by atoms with Crippen LogP contribution < -0.4 is 10.1 Å². The van der Waals surface area contributed by atoms with Gasteiger partial charge < -0.3 is 24.5 Å². The number of carbonyl (C=O) groups is 1. The average molecular weight is 459 g/mol. The first-order chi connectivity index (χ1) is 16.5. The first kappa shape index (κ1) is 23.4. The molecule has 4 rings (SSSR count). The van der Waals surface area contributed by atoms with E-state index in [-0.39, 0.29) is 12.6 Å². The Bertz CT molecular complexity index is 1280. The van der Waals surface area contributed by atoms with Crippen molar-refractivity contribution in [1.82, 2.24) is 4.57 Å². The summed E-state index contributed by atoms with van der Waals surface area (Å²) < 4.78 is 13.3. The number of aromatic nitrogens is 1. The number of anilines is 1. The molecule has 2 N–H and O–H groups in total. The van der Waals surface area contributed by atoms with Crippen molar-refractivity contribution in [3.05, 3.63) is 89.6 Å². The van der Waals surface area contributed by atoms with Gasteiger partial charge in [-0.15, -0.1) is 0 Å². The molecule has 0 spiro atoms. The molecule has 0 saturated heterocycles. The Balaban J connectivity index is 1.61. The minimum Gasteiger partial charge on any atom is -0.491 e. The van der Waals surface area contributed by atoms with Crippen molar-refractivity contribution in [2.45, 2.75) is 26.9 Å². The number of benzene rings is 3. The highest BCUT2D eigenvalue weighted by Gasteiger charge is 2.23. The van der Waals surface area contributed by atoms with Gasteiger partial charge in [0.2, 0.25) is 0 Å². The third kappa shape index (κ3) is 4.92.